The Morgan fingerprint density at radius 3 is 2.80 bits per heavy atom. The highest BCUT2D eigenvalue weighted by atomic mass is 32.1. The molecule has 0 aliphatic rings. The summed E-state index contributed by atoms with van der Waals surface area (Å²) in [6.45, 7) is 1.62. The van der Waals surface area contributed by atoms with Gasteiger partial charge in [0.15, 0.2) is 0 Å². The summed E-state index contributed by atoms with van der Waals surface area (Å²) in [5, 5.41) is 7.14. The molecule has 3 heterocycles. The van der Waals surface area contributed by atoms with Crippen LogP contribution in [0.1, 0.15) is 15.9 Å². The van der Waals surface area contributed by atoms with E-state index in [1.165, 1.54) is 29.3 Å². The lowest BCUT2D eigenvalue weighted by Crippen LogP contribution is -2.28. The fourth-order valence-corrected chi connectivity index (χ4v) is 4.76. The number of benzene rings is 1. The summed E-state index contributed by atoms with van der Waals surface area (Å²) in [6, 6.07) is 8.78. The number of hydrogen-bond acceptors (Lipinski definition) is 7. The minimum Gasteiger partial charge on any atom is -0.465 e. The van der Waals surface area contributed by atoms with E-state index in [-0.39, 0.29) is 12.1 Å². The molecular weight excluding hydrogens is 422 g/mol. The number of ether oxygens (including phenoxy) is 1. The Morgan fingerprint density at radius 1 is 1.23 bits per heavy atom. The van der Waals surface area contributed by atoms with Crippen LogP contribution in [0.5, 0.6) is 0 Å². The highest BCUT2D eigenvalue weighted by Crippen LogP contribution is 2.33. The fourth-order valence-electron chi connectivity index (χ4n) is 3.04. The van der Waals surface area contributed by atoms with Crippen molar-refractivity contribution in [3.8, 4) is 10.4 Å². The van der Waals surface area contributed by atoms with E-state index < -0.39 is 11.9 Å². The van der Waals surface area contributed by atoms with Crippen molar-refractivity contribution >= 4 is 50.5 Å². The number of carbonyl (C=O) groups is 2. The van der Waals surface area contributed by atoms with Gasteiger partial charge in [-0.25, -0.2) is 9.78 Å². The Kier molecular flexibility index (Phi) is 5.47. The number of thiophene rings is 2. The lowest BCUT2D eigenvalue weighted by Gasteiger charge is -2.11. The van der Waals surface area contributed by atoms with Gasteiger partial charge in [0.05, 0.1) is 24.4 Å². The van der Waals surface area contributed by atoms with E-state index in [2.05, 4.69) is 10.3 Å². The minimum absolute atomic E-state index is 0.191. The van der Waals surface area contributed by atoms with Crippen LogP contribution in [0.2, 0.25) is 0 Å². The maximum atomic E-state index is 13.0. The van der Waals surface area contributed by atoms with Crippen molar-refractivity contribution in [1.82, 2.24) is 9.55 Å². The standard InChI is InChI=1S/C21H17N3O4S2/c1-12-5-6-13(21(27)28-2)8-15(12)23-17(25)9-24-11-22-19-18(20(24)26)14(10-30-19)16-4-3-7-29-16/h3-8,10-11H,9H2,1-2H3,(H,23,25). The first kappa shape index (κ1) is 20.0. The molecule has 1 amide bonds. The molecule has 0 fully saturated rings. The van der Waals surface area contributed by atoms with Crippen molar-refractivity contribution in [3.05, 3.63) is 68.9 Å². The van der Waals surface area contributed by atoms with E-state index in [0.717, 1.165) is 16.0 Å². The molecule has 7 nitrogen and oxygen atoms in total. The molecule has 152 valence electrons. The molecule has 0 atom stereocenters. The van der Waals surface area contributed by atoms with E-state index >= 15 is 0 Å². The summed E-state index contributed by atoms with van der Waals surface area (Å²) in [5.74, 6) is -0.883. The van der Waals surface area contributed by atoms with Crippen LogP contribution in [-0.2, 0) is 16.1 Å². The monoisotopic (exact) mass is 439 g/mol. The van der Waals surface area contributed by atoms with E-state index in [1.807, 2.05) is 29.8 Å². The van der Waals surface area contributed by atoms with Crippen LogP contribution < -0.4 is 10.9 Å². The van der Waals surface area contributed by atoms with E-state index in [0.29, 0.717) is 21.5 Å². The van der Waals surface area contributed by atoms with Gasteiger partial charge in [0.2, 0.25) is 5.91 Å². The summed E-state index contributed by atoms with van der Waals surface area (Å²) >= 11 is 2.95. The number of nitrogens with one attached hydrogen (secondary N) is 1. The van der Waals surface area contributed by atoms with Crippen molar-refractivity contribution < 1.29 is 14.3 Å². The second-order valence-electron chi connectivity index (χ2n) is 6.55. The van der Waals surface area contributed by atoms with Gasteiger partial charge in [0.1, 0.15) is 11.4 Å². The van der Waals surface area contributed by atoms with Crippen LogP contribution in [0.25, 0.3) is 20.7 Å². The van der Waals surface area contributed by atoms with Gasteiger partial charge in [0, 0.05) is 21.5 Å². The number of aryl methyl sites for hydroxylation is 1. The molecule has 0 unspecified atom stereocenters. The molecule has 1 aromatic carbocycles. The molecule has 4 rings (SSSR count). The number of methoxy groups -OCH3 is 1. The molecule has 4 aromatic rings. The molecule has 30 heavy (non-hydrogen) atoms. The molecule has 0 radical (unpaired) electrons. The molecule has 0 saturated heterocycles. The number of esters is 1. The lowest BCUT2D eigenvalue weighted by atomic mass is 10.1. The van der Waals surface area contributed by atoms with E-state index in [4.69, 9.17) is 4.74 Å². The van der Waals surface area contributed by atoms with Crippen molar-refractivity contribution in [3.63, 3.8) is 0 Å². The average molecular weight is 440 g/mol. The van der Waals surface area contributed by atoms with Gasteiger partial charge in [-0.05, 0) is 36.1 Å². The topological polar surface area (TPSA) is 90.3 Å². The Balaban J connectivity index is 1.61. The van der Waals surface area contributed by atoms with Crippen LogP contribution in [0.3, 0.4) is 0 Å². The maximum Gasteiger partial charge on any atom is 0.337 e. The van der Waals surface area contributed by atoms with E-state index in [9.17, 15) is 14.4 Å². The number of fused-ring (bicyclic) bond motifs is 1. The number of amides is 1. The first-order chi connectivity index (χ1) is 14.5. The number of hydrogen-bond donors (Lipinski definition) is 1. The van der Waals surface area contributed by atoms with Crippen LogP contribution >= 0.6 is 22.7 Å². The molecule has 0 aliphatic heterocycles. The zero-order valence-electron chi connectivity index (χ0n) is 16.2. The predicted molar refractivity (Wildman–Crippen MR) is 118 cm³/mol. The highest BCUT2D eigenvalue weighted by Gasteiger charge is 2.16. The predicted octanol–water partition coefficient (Wildman–Crippen LogP) is 3.92. The first-order valence-electron chi connectivity index (χ1n) is 8.97. The number of carbonyl (C=O) groups excluding carboxylic acids is 2. The largest absolute Gasteiger partial charge is 0.465 e. The van der Waals surface area contributed by atoms with Crippen molar-refractivity contribution in [2.45, 2.75) is 13.5 Å². The summed E-state index contributed by atoms with van der Waals surface area (Å²) < 4.78 is 6.01. The molecule has 0 bridgehead atoms. The smallest absolute Gasteiger partial charge is 0.337 e. The summed E-state index contributed by atoms with van der Waals surface area (Å²) in [4.78, 5) is 43.4. The maximum absolute atomic E-state index is 13.0. The van der Waals surface area contributed by atoms with Crippen LogP contribution in [0, 0.1) is 6.92 Å². The number of nitrogens with zero attached hydrogens (tertiary/aromatic N) is 2. The van der Waals surface area contributed by atoms with Gasteiger partial charge in [-0.3, -0.25) is 14.2 Å². The van der Waals surface area contributed by atoms with Gasteiger partial charge in [-0.15, -0.1) is 22.7 Å². The molecule has 1 N–H and O–H groups in total. The first-order valence-corrected chi connectivity index (χ1v) is 10.7. The van der Waals surface area contributed by atoms with Crippen LogP contribution in [0.4, 0.5) is 5.69 Å². The Hall–Kier alpha value is -3.30. The number of aromatic nitrogens is 2. The van der Waals surface area contributed by atoms with Gasteiger partial charge < -0.3 is 10.1 Å². The van der Waals surface area contributed by atoms with Gasteiger partial charge >= 0.3 is 5.97 Å². The summed E-state index contributed by atoms with van der Waals surface area (Å²) in [6.07, 6.45) is 1.39. The highest BCUT2D eigenvalue weighted by molar-refractivity contribution is 7.18. The van der Waals surface area contributed by atoms with Crippen molar-refractivity contribution in [1.29, 1.82) is 0 Å². The zero-order valence-corrected chi connectivity index (χ0v) is 17.8. The third kappa shape index (κ3) is 3.77. The van der Waals surface area contributed by atoms with Gasteiger partial charge in [-0.1, -0.05) is 12.1 Å². The third-order valence-electron chi connectivity index (χ3n) is 4.59. The quantitative estimate of drug-likeness (QED) is 0.476. The SMILES string of the molecule is COC(=O)c1ccc(C)c(NC(=O)Cn2cnc3scc(-c4cccs4)c3c2=O)c1. The molecular formula is C21H17N3O4S2. The average Bonchev–Trinajstić information content (AvgIpc) is 3.41. The van der Waals surface area contributed by atoms with Crippen LogP contribution in [-0.4, -0.2) is 28.5 Å². The second kappa shape index (κ2) is 8.21. The van der Waals surface area contributed by atoms with Crippen molar-refractivity contribution in [2.75, 3.05) is 12.4 Å². The summed E-state index contributed by atoms with van der Waals surface area (Å²) in [7, 11) is 1.30. The summed E-state index contributed by atoms with van der Waals surface area (Å²) in [5.41, 5.74) is 2.17. The normalized spacial score (nSPS) is 10.9. The molecule has 0 spiro atoms. The fraction of sp³-hybridized carbons (Fsp3) is 0.143. The number of anilines is 1. The van der Waals surface area contributed by atoms with Crippen LogP contribution in [0.15, 0.2) is 52.2 Å². The molecule has 9 heteroatoms. The van der Waals surface area contributed by atoms with E-state index in [1.54, 1.807) is 29.5 Å². The second-order valence-corrected chi connectivity index (χ2v) is 8.36. The molecule has 0 aliphatic carbocycles. The Bertz CT molecular complexity index is 1310. The Labute approximate surface area is 179 Å². The zero-order chi connectivity index (χ0) is 21.3. The minimum atomic E-state index is -0.491. The van der Waals surface area contributed by atoms with Gasteiger partial charge in [0.25, 0.3) is 5.56 Å². The molecule has 0 saturated carbocycles. The van der Waals surface area contributed by atoms with Gasteiger partial charge in [-0.2, -0.15) is 0 Å². The molecule has 3 aromatic heterocycles. The number of rotatable bonds is 5. The van der Waals surface area contributed by atoms with Crippen molar-refractivity contribution in [2.24, 2.45) is 0 Å². The third-order valence-corrected chi connectivity index (χ3v) is 6.38. The Morgan fingerprint density at radius 2 is 2.07 bits per heavy atom. The lowest BCUT2D eigenvalue weighted by molar-refractivity contribution is -0.116.